The molecular weight excluding hydrogens is 302 g/mol. The molecular formula is C16H19NO4S. The SMILES string of the molecule is COc1cccc(OC)c1OCC(O)CSc1ccccn1. The maximum Gasteiger partial charge on any atom is 0.203 e. The second-order valence-electron chi connectivity index (χ2n) is 4.44. The normalized spacial score (nSPS) is 11.8. The van der Waals surface area contributed by atoms with E-state index in [2.05, 4.69) is 4.98 Å². The number of para-hydroxylation sites is 1. The van der Waals surface area contributed by atoms with E-state index in [9.17, 15) is 5.11 Å². The Bertz CT molecular complexity index is 557. The first-order valence-electron chi connectivity index (χ1n) is 6.80. The molecule has 0 fully saturated rings. The second kappa shape index (κ2) is 8.51. The number of hydrogen-bond acceptors (Lipinski definition) is 6. The molecule has 1 aromatic heterocycles. The van der Waals surface area contributed by atoms with E-state index in [-0.39, 0.29) is 6.61 Å². The van der Waals surface area contributed by atoms with Crippen molar-refractivity contribution in [1.82, 2.24) is 4.98 Å². The molecule has 118 valence electrons. The molecule has 6 heteroatoms. The van der Waals surface area contributed by atoms with E-state index in [0.29, 0.717) is 23.0 Å². The lowest BCUT2D eigenvalue weighted by Gasteiger charge is -2.16. The van der Waals surface area contributed by atoms with Crippen molar-refractivity contribution in [2.24, 2.45) is 0 Å². The highest BCUT2D eigenvalue weighted by molar-refractivity contribution is 7.99. The Balaban J connectivity index is 1.89. The van der Waals surface area contributed by atoms with Gasteiger partial charge in [-0.1, -0.05) is 12.1 Å². The Labute approximate surface area is 134 Å². The van der Waals surface area contributed by atoms with Gasteiger partial charge in [0.25, 0.3) is 0 Å². The van der Waals surface area contributed by atoms with Crippen LogP contribution in [0.3, 0.4) is 0 Å². The molecule has 2 aromatic rings. The Morgan fingerprint density at radius 3 is 2.41 bits per heavy atom. The third-order valence-electron chi connectivity index (χ3n) is 2.86. The molecule has 0 aliphatic heterocycles. The number of methoxy groups -OCH3 is 2. The van der Waals surface area contributed by atoms with Gasteiger partial charge in [-0.25, -0.2) is 4.98 Å². The molecule has 1 aromatic carbocycles. The molecule has 0 radical (unpaired) electrons. The standard InChI is InChI=1S/C16H19NO4S/c1-19-13-6-5-7-14(20-2)16(13)21-10-12(18)11-22-15-8-3-4-9-17-15/h3-9,12,18H,10-11H2,1-2H3. The molecule has 1 N–H and O–H groups in total. The van der Waals surface area contributed by atoms with Gasteiger partial charge >= 0.3 is 0 Å². The van der Waals surface area contributed by atoms with Crippen molar-refractivity contribution in [2.75, 3.05) is 26.6 Å². The minimum absolute atomic E-state index is 0.149. The fraction of sp³-hybridized carbons (Fsp3) is 0.312. The first-order valence-corrected chi connectivity index (χ1v) is 7.79. The van der Waals surface area contributed by atoms with E-state index in [0.717, 1.165) is 5.03 Å². The van der Waals surface area contributed by atoms with Gasteiger partial charge in [-0.05, 0) is 24.3 Å². The lowest BCUT2D eigenvalue weighted by atomic mass is 10.3. The molecule has 0 aliphatic rings. The van der Waals surface area contributed by atoms with Crippen LogP contribution in [-0.2, 0) is 0 Å². The summed E-state index contributed by atoms with van der Waals surface area (Å²) in [5, 5.41) is 10.9. The molecule has 0 aliphatic carbocycles. The highest BCUT2D eigenvalue weighted by Crippen LogP contribution is 2.36. The lowest BCUT2D eigenvalue weighted by Crippen LogP contribution is -2.20. The van der Waals surface area contributed by atoms with Crippen LogP contribution in [0.1, 0.15) is 0 Å². The molecule has 1 unspecified atom stereocenters. The number of thioether (sulfide) groups is 1. The fourth-order valence-electron chi connectivity index (χ4n) is 1.80. The van der Waals surface area contributed by atoms with Gasteiger partial charge in [0.1, 0.15) is 6.61 Å². The third-order valence-corrected chi connectivity index (χ3v) is 3.95. The van der Waals surface area contributed by atoms with Crippen LogP contribution in [0.4, 0.5) is 0 Å². The number of hydrogen-bond donors (Lipinski definition) is 1. The summed E-state index contributed by atoms with van der Waals surface area (Å²) in [7, 11) is 3.13. The Morgan fingerprint density at radius 2 is 1.82 bits per heavy atom. The first-order chi connectivity index (χ1) is 10.7. The average Bonchev–Trinajstić information content (AvgIpc) is 2.58. The summed E-state index contributed by atoms with van der Waals surface area (Å²) in [4.78, 5) is 4.19. The van der Waals surface area contributed by atoms with Crippen LogP contribution in [-0.4, -0.2) is 42.8 Å². The summed E-state index contributed by atoms with van der Waals surface area (Å²) >= 11 is 1.48. The molecule has 1 atom stereocenters. The second-order valence-corrected chi connectivity index (χ2v) is 5.48. The van der Waals surface area contributed by atoms with E-state index in [4.69, 9.17) is 14.2 Å². The molecule has 2 rings (SSSR count). The van der Waals surface area contributed by atoms with Crippen molar-refractivity contribution in [2.45, 2.75) is 11.1 Å². The number of nitrogens with zero attached hydrogens (tertiary/aromatic N) is 1. The summed E-state index contributed by atoms with van der Waals surface area (Å²) in [6, 6.07) is 11.1. The number of pyridine rings is 1. The number of aliphatic hydroxyl groups excluding tert-OH is 1. The molecule has 5 nitrogen and oxygen atoms in total. The van der Waals surface area contributed by atoms with E-state index in [1.165, 1.54) is 11.8 Å². The summed E-state index contributed by atoms with van der Waals surface area (Å²) in [6.07, 6.45) is 1.10. The zero-order chi connectivity index (χ0) is 15.8. The molecule has 1 heterocycles. The maximum atomic E-state index is 10.0. The predicted molar refractivity (Wildman–Crippen MR) is 86.0 cm³/mol. The van der Waals surface area contributed by atoms with E-state index >= 15 is 0 Å². The van der Waals surface area contributed by atoms with Crippen LogP contribution >= 0.6 is 11.8 Å². The summed E-state index contributed by atoms with van der Waals surface area (Å²) < 4.78 is 16.2. The lowest BCUT2D eigenvalue weighted by molar-refractivity contribution is 0.122. The quantitative estimate of drug-likeness (QED) is 0.754. The Morgan fingerprint density at radius 1 is 1.09 bits per heavy atom. The minimum Gasteiger partial charge on any atom is -0.493 e. The molecule has 0 saturated carbocycles. The van der Waals surface area contributed by atoms with Crippen molar-refractivity contribution in [3.63, 3.8) is 0 Å². The Hall–Kier alpha value is -1.92. The largest absolute Gasteiger partial charge is 0.493 e. The van der Waals surface area contributed by atoms with Crippen molar-refractivity contribution < 1.29 is 19.3 Å². The average molecular weight is 321 g/mol. The first kappa shape index (κ1) is 16.5. The molecule has 0 amide bonds. The van der Waals surface area contributed by atoms with E-state index in [1.807, 2.05) is 24.3 Å². The van der Waals surface area contributed by atoms with Crippen molar-refractivity contribution in [1.29, 1.82) is 0 Å². The number of aromatic nitrogens is 1. The van der Waals surface area contributed by atoms with Gasteiger partial charge in [0, 0.05) is 11.9 Å². The molecule has 0 saturated heterocycles. The maximum absolute atomic E-state index is 10.0. The molecule has 0 spiro atoms. The number of ether oxygens (including phenoxy) is 3. The molecule has 0 bridgehead atoms. The minimum atomic E-state index is -0.623. The summed E-state index contributed by atoms with van der Waals surface area (Å²) in [6.45, 7) is 0.149. The smallest absolute Gasteiger partial charge is 0.203 e. The van der Waals surface area contributed by atoms with Crippen molar-refractivity contribution in [3.05, 3.63) is 42.6 Å². The monoisotopic (exact) mass is 321 g/mol. The van der Waals surface area contributed by atoms with Crippen LogP contribution in [0.15, 0.2) is 47.6 Å². The Kier molecular flexibility index (Phi) is 6.36. The van der Waals surface area contributed by atoms with E-state index < -0.39 is 6.10 Å². The molecule has 22 heavy (non-hydrogen) atoms. The predicted octanol–water partition coefficient (Wildman–Crippen LogP) is 2.63. The van der Waals surface area contributed by atoms with Crippen LogP contribution in [0.25, 0.3) is 0 Å². The highest BCUT2D eigenvalue weighted by Gasteiger charge is 2.14. The summed E-state index contributed by atoms with van der Waals surface area (Å²) in [5.74, 6) is 2.14. The van der Waals surface area contributed by atoms with Gasteiger partial charge in [0.2, 0.25) is 5.75 Å². The number of aliphatic hydroxyl groups is 1. The zero-order valence-electron chi connectivity index (χ0n) is 12.6. The van der Waals surface area contributed by atoms with Gasteiger partial charge in [0.05, 0.1) is 25.3 Å². The van der Waals surface area contributed by atoms with Crippen LogP contribution in [0.5, 0.6) is 17.2 Å². The van der Waals surface area contributed by atoms with Gasteiger partial charge in [-0.3, -0.25) is 0 Å². The fourth-order valence-corrected chi connectivity index (χ4v) is 2.57. The van der Waals surface area contributed by atoms with Gasteiger partial charge < -0.3 is 19.3 Å². The number of rotatable bonds is 8. The zero-order valence-corrected chi connectivity index (χ0v) is 13.4. The van der Waals surface area contributed by atoms with Crippen LogP contribution in [0.2, 0.25) is 0 Å². The van der Waals surface area contributed by atoms with Gasteiger partial charge in [0.15, 0.2) is 11.5 Å². The summed E-state index contributed by atoms with van der Waals surface area (Å²) in [5.41, 5.74) is 0. The van der Waals surface area contributed by atoms with Crippen molar-refractivity contribution >= 4 is 11.8 Å². The van der Waals surface area contributed by atoms with Gasteiger partial charge in [-0.2, -0.15) is 0 Å². The third kappa shape index (κ3) is 4.54. The van der Waals surface area contributed by atoms with Gasteiger partial charge in [-0.15, -0.1) is 11.8 Å². The van der Waals surface area contributed by atoms with Crippen LogP contribution in [0, 0.1) is 0 Å². The van der Waals surface area contributed by atoms with Crippen LogP contribution < -0.4 is 14.2 Å². The number of benzene rings is 1. The highest BCUT2D eigenvalue weighted by atomic mass is 32.2. The topological polar surface area (TPSA) is 60.8 Å². The van der Waals surface area contributed by atoms with E-state index in [1.54, 1.807) is 32.5 Å². The van der Waals surface area contributed by atoms with Crippen molar-refractivity contribution in [3.8, 4) is 17.2 Å².